The fourth-order valence-electron chi connectivity index (χ4n) is 1.51. The Labute approximate surface area is 139 Å². The number of ether oxygens (including phenoxy) is 1. The number of carboxylic acid groups (broad SMARTS) is 1. The van der Waals surface area contributed by atoms with E-state index < -0.39 is 11.9 Å². The van der Waals surface area contributed by atoms with E-state index in [9.17, 15) is 9.59 Å². The summed E-state index contributed by atoms with van der Waals surface area (Å²) >= 11 is 6.77. The maximum atomic E-state index is 11.1. The van der Waals surface area contributed by atoms with Crippen LogP contribution in [0.1, 0.15) is 25.8 Å². The maximum Gasteiger partial charge on any atom is 0.352 e. The van der Waals surface area contributed by atoms with Crippen molar-refractivity contribution in [3.63, 3.8) is 0 Å². The molecule has 1 amide bonds. The van der Waals surface area contributed by atoms with E-state index >= 15 is 0 Å². The van der Waals surface area contributed by atoms with Crippen LogP contribution >= 0.6 is 31.9 Å². The molecule has 1 rings (SSSR count). The van der Waals surface area contributed by atoms with Gasteiger partial charge in [-0.25, -0.2) is 4.79 Å². The van der Waals surface area contributed by atoms with Crippen LogP contribution in [0.4, 0.5) is 0 Å². The molecule has 114 valence electrons. The van der Waals surface area contributed by atoms with Crippen LogP contribution < -0.4 is 10.1 Å². The van der Waals surface area contributed by atoms with Crippen LogP contribution in [0.2, 0.25) is 0 Å². The van der Waals surface area contributed by atoms with E-state index in [4.69, 9.17) is 9.84 Å². The molecule has 0 aliphatic carbocycles. The number of rotatable bonds is 6. The van der Waals surface area contributed by atoms with E-state index in [0.717, 1.165) is 6.42 Å². The first-order valence-electron chi connectivity index (χ1n) is 6.19. The predicted octanol–water partition coefficient (Wildman–Crippen LogP) is 3.56. The number of halogens is 2. The molecule has 0 atom stereocenters. The van der Waals surface area contributed by atoms with Gasteiger partial charge in [0.15, 0.2) is 0 Å². The number of aliphatic carboxylic acids is 1. The van der Waals surface area contributed by atoms with Gasteiger partial charge in [0.25, 0.3) is 0 Å². The van der Waals surface area contributed by atoms with Gasteiger partial charge in [0.05, 0.1) is 15.6 Å². The highest BCUT2D eigenvalue weighted by molar-refractivity contribution is 9.11. The third kappa shape index (κ3) is 5.51. The lowest BCUT2D eigenvalue weighted by Crippen LogP contribution is -2.24. The van der Waals surface area contributed by atoms with Crippen LogP contribution in [0.15, 0.2) is 26.8 Å². The molecule has 5 nitrogen and oxygen atoms in total. The number of amides is 1. The summed E-state index contributed by atoms with van der Waals surface area (Å²) in [7, 11) is 0. The first-order chi connectivity index (χ1) is 9.85. The van der Waals surface area contributed by atoms with Crippen molar-refractivity contribution in [2.24, 2.45) is 0 Å². The zero-order valence-corrected chi connectivity index (χ0v) is 14.7. The third-order valence-corrected chi connectivity index (χ3v) is 3.50. The number of carboxylic acids is 1. The normalized spacial score (nSPS) is 11.1. The molecule has 0 bridgehead atoms. The highest BCUT2D eigenvalue weighted by atomic mass is 79.9. The van der Waals surface area contributed by atoms with Crippen LogP contribution in [-0.4, -0.2) is 23.6 Å². The Morgan fingerprint density at radius 2 is 1.90 bits per heavy atom. The molecule has 0 radical (unpaired) electrons. The molecule has 0 fully saturated rings. The van der Waals surface area contributed by atoms with Gasteiger partial charge in [-0.05, 0) is 62.1 Å². The molecule has 1 aromatic rings. The lowest BCUT2D eigenvalue weighted by molar-refractivity contribution is -0.134. The van der Waals surface area contributed by atoms with E-state index in [1.54, 1.807) is 12.1 Å². The van der Waals surface area contributed by atoms with Crippen molar-refractivity contribution < 1.29 is 19.4 Å². The minimum Gasteiger partial charge on any atom is -0.491 e. The molecule has 0 unspecified atom stereocenters. The van der Waals surface area contributed by atoms with Crippen molar-refractivity contribution in [2.75, 3.05) is 6.61 Å². The van der Waals surface area contributed by atoms with E-state index in [1.807, 2.05) is 6.92 Å². The molecule has 1 aromatic carbocycles. The van der Waals surface area contributed by atoms with Crippen LogP contribution in [0.25, 0.3) is 6.08 Å². The number of nitrogens with one attached hydrogen (secondary N) is 1. The molecule has 21 heavy (non-hydrogen) atoms. The van der Waals surface area contributed by atoms with Crippen molar-refractivity contribution >= 4 is 49.8 Å². The van der Waals surface area contributed by atoms with Gasteiger partial charge in [-0.1, -0.05) is 6.92 Å². The van der Waals surface area contributed by atoms with Gasteiger partial charge in [-0.3, -0.25) is 4.79 Å². The molecule has 0 aliphatic heterocycles. The van der Waals surface area contributed by atoms with Crippen molar-refractivity contribution in [3.8, 4) is 5.75 Å². The lowest BCUT2D eigenvalue weighted by Gasteiger charge is -2.11. The fraction of sp³-hybridized carbons (Fsp3) is 0.286. The van der Waals surface area contributed by atoms with E-state index in [-0.39, 0.29) is 5.70 Å². The molecule has 0 saturated heterocycles. The minimum absolute atomic E-state index is 0.191. The van der Waals surface area contributed by atoms with Crippen molar-refractivity contribution in [3.05, 3.63) is 32.3 Å². The zero-order valence-electron chi connectivity index (χ0n) is 11.6. The molecular formula is C14H15Br2NO4. The second-order valence-electron chi connectivity index (χ2n) is 4.21. The molecule has 0 aromatic heterocycles. The summed E-state index contributed by atoms with van der Waals surface area (Å²) in [6.07, 6.45) is 2.26. The van der Waals surface area contributed by atoms with Gasteiger partial charge in [-0.2, -0.15) is 0 Å². The molecule has 0 saturated carbocycles. The topological polar surface area (TPSA) is 75.6 Å². The third-order valence-electron chi connectivity index (χ3n) is 2.32. The minimum atomic E-state index is -1.20. The highest BCUT2D eigenvalue weighted by Crippen LogP contribution is 2.35. The average Bonchev–Trinajstić information content (AvgIpc) is 2.36. The summed E-state index contributed by atoms with van der Waals surface area (Å²) < 4.78 is 6.98. The molecule has 2 N–H and O–H groups in total. The van der Waals surface area contributed by atoms with Crippen molar-refractivity contribution in [2.45, 2.75) is 20.3 Å². The largest absolute Gasteiger partial charge is 0.491 e. The molecule has 0 spiro atoms. The average molecular weight is 421 g/mol. The van der Waals surface area contributed by atoms with E-state index in [2.05, 4.69) is 37.2 Å². The van der Waals surface area contributed by atoms with Gasteiger partial charge in [0.2, 0.25) is 5.91 Å². The standard InChI is InChI=1S/C14H15Br2NO4/c1-3-4-21-13-10(15)5-9(6-11(13)16)7-12(14(19)20)17-8(2)18/h5-7H,3-4H2,1-2H3,(H,17,18)(H,19,20). The summed E-state index contributed by atoms with van der Waals surface area (Å²) in [5.74, 6) is -0.987. The second kappa shape index (κ2) is 8.19. The van der Waals surface area contributed by atoms with Gasteiger partial charge in [0, 0.05) is 6.92 Å². The van der Waals surface area contributed by atoms with E-state index in [0.29, 0.717) is 26.9 Å². The zero-order chi connectivity index (χ0) is 16.0. The summed E-state index contributed by atoms with van der Waals surface area (Å²) in [5, 5.41) is 11.3. The van der Waals surface area contributed by atoms with Gasteiger partial charge in [0.1, 0.15) is 11.4 Å². The fourth-order valence-corrected chi connectivity index (χ4v) is 2.96. The number of benzene rings is 1. The number of carbonyl (C=O) groups is 2. The SMILES string of the molecule is CCCOc1c(Br)cc(C=C(NC(C)=O)C(=O)O)cc1Br. The lowest BCUT2D eigenvalue weighted by atomic mass is 10.2. The Hall–Kier alpha value is -1.34. The van der Waals surface area contributed by atoms with Crippen LogP contribution in [-0.2, 0) is 9.59 Å². The second-order valence-corrected chi connectivity index (χ2v) is 5.92. The number of hydrogen-bond donors (Lipinski definition) is 2. The monoisotopic (exact) mass is 419 g/mol. The first-order valence-corrected chi connectivity index (χ1v) is 7.78. The Kier molecular flexibility index (Phi) is 6.91. The predicted molar refractivity (Wildman–Crippen MR) is 87.1 cm³/mol. The molecule has 0 aliphatic rings. The smallest absolute Gasteiger partial charge is 0.352 e. The quantitative estimate of drug-likeness (QED) is 0.690. The number of carbonyl (C=O) groups excluding carboxylic acids is 1. The summed E-state index contributed by atoms with van der Waals surface area (Å²) in [6, 6.07) is 3.45. The Balaban J connectivity index is 3.13. The molecule has 7 heteroatoms. The summed E-state index contributed by atoms with van der Waals surface area (Å²) in [5.41, 5.74) is 0.423. The van der Waals surface area contributed by atoms with Crippen molar-refractivity contribution in [1.29, 1.82) is 0 Å². The molecule has 0 heterocycles. The maximum absolute atomic E-state index is 11.1. The van der Waals surface area contributed by atoms with Crippen LogP contribution in [0, 0.1) is 0 Å². The first kappa shape index (κ1) is 17.7. The summed E-state index contributed by atoms with van der Waals surface area (Å²) in [4.78, 5) is 22.1. The Morgan fingerprint density at radius 3 is 2.33 bits per heavy atom. The Bertz CT molecular complexity index is 561. The van der Waals surface area contributed by atoms with Crippen molar-refractivity contribution in [1.82, 2.24) is 5.32 Å². The van der Waals surface area contributed by atoms with Gasteiger partial charge >= 0.3 is 5.97 Å². The number of hydrogen-bond acceptors (Lipinski definition) is 3. The van der Waals surface area contributed by atoms with Crippen LogP contribution in [0.5, 0.6) is 5.75 Å². The van der Waals surface area contributed by atoms with E-state index in [1.165, 1.54) is 13.0 Å². The Morgan fingerprint density at radius 1 is 1.33 bits per heavy atom. The highest BCUT2D eigenvalue weighted by Gasteiger charge is 2.12. The molecular weight excluding hydrogens is 406 g/mol. The summed E-state index contributed by atoms with van der Waals surface area (Å²) in [6.45, 7) is 3.84. The van der Waals surface area contributed by atoms with Gasteiger partial charge < -0.3 is 15.2 Å². The van der Waals surface area contributed by atoms with Crippen LogP contribution in [0.3, 0.4) is 0 Å². The van der Waals surface area contributed by atoms with Gasteiger partial charge in [-0.15, -0.1) is 0 Å².